The van der Waals surface area contributed by atoms with E-state index in [1.807, 2.05) is 17.2 Å². The van der Waals surface area contributed by atoms with Gasteiger partial charge >= 0.3 is 0 Å². The molecule has 0 atom stereocenters. The zero-order chi connectivity index (χ0) is 19.4. The van der Waals surface area contributed by atoms with Crippen LogP contribution in [0.1, 0.15) is 29.4 Å². The molecule has 2 aromatic rings. The van der Waals surface area contributed by atoms with E-state index < -0.39 is 10.0 Å². The number of benzene rings is 1. The Morgan fingerprint density at radius 2 is 1.93 bits per heavy atom. The van der Waals surface area contributed by atoms with Crippen molar-refractivity contribution in [3.05, 3.63) is 40.9 Å². The predicted octanol–water partition coefficient (Wildman–Crippen LogP) is 2.10. The molecular weight excluding hydrogens is 384 g/mol. The number of anilines is 1. The van der Waals surface area contributed by atoms with E-state index in [0.29, 0.717) is 25.2 Å². The van der Waals surface area contributed by atoms with Crippen molar-refractivity contribution in [2.24, 2.45) is 0 Å². The molecule has 1 aromatic carbocycles. The number of thiazole rings is 1. The number of rotatable bonds is 5. The lowest BCUT2D eigenvalue weighted by molar-refractivity contribution is 0.0767. The maximum absolute atomic E-state index is 12.8. The summed E-state index contributed by atoms with van der Waals surface area (Å²) >= 11 is 1.63. The quantitative estimate of drug-likeness (QED) is 0.819. The van der Waals surface area contributed by atoms with Gasteiger partial charge in [-0.25, -0.2) is 18.1 Å². The highest BCUT2D eigenvalue weighted by Crippen LogP contribution is 2.22. The average molecular weight is 409 g/mol. The van der Waals surface area contributed by atoms with Crippen molar-refractivity contribution in [1.29, 1.82) is 0 Å². The van der Waals surface area contributed by atoms with Gasteiger partial charge in [-0.2, -0.15) is 0 Å². The molecule has 0 radical (unpaired) electrons. The lowest BCUT2D eigenvalue weighted by atomic mass is 10.2. The molecule has 0 aliphatic carbocycles. The minimum absolute atomic E-state index is 0.0698. The van der Waals surface area contributed by atoms with Crippen molar-refractivity contribution in [3.63, 3.8) is 0 Å². The van der Waals surface area contributed by atoms with Crippen LogP contribution in [0.15, 0.2) is 34.5 Å². The Morgan fingerprint density at radius 3 is 2.56 bits per heavy atom. The first-order valence-corrected chi connectivity index (χ1v) is 11.3. The van der Waals surface area contributed by atoms with Crippen LogP contribution in [-0.4, -0.2) is 56.9 Å². The summed E-state index contributed by atoms with van der Waals surface area (Å²) in [5, 5.41) is 3.03. The number of amides is 1. The lowest BCUT2D eigenvalue weighted by Gasteiger charge is -2.22. The molecule has 0 spiro atoms. The molecule has 0 saturated carbocycles. The fourth-order valence-electron chi connectivity index (χ4n) is 3.03. The number of nitrogens with one attached hydrogen (secondary N) is 1. The van der Waals surface area contributed by atoms with Gasteiger partial charge in [0.15, 0.2) is 5.13 Å². The van der Waals surface area contributed by atoms with Gasteiger partial charge < -0.3 is 9.80 Å². The van der Waals surface area contributed by atoms with Crippen molar-refractivity contribution < 1.29 is 13.2 Å². The molecule has 1 N–H and O–H groups in total. The topological polar surface area (TPSA) is 82.6 Å². The Balaban J connectivity index is 1.67. The highest BCUT2D eigenvalue weighted by atomic mass is 32.2. The van der Waals surface area contributed by atoms with Crippen LogP contribution >= 0.6 is 11.3 Å². The Bertz CT molecular complexity index is 894. The molecule has 7 nitrogen and oxygen atoms in total. The molecule has 1 saturated heterocycles. The minimum atomic E-state index is -3.51. The minimum Gasteiger partial charge on any atom is -0.346 e. The van der Waals surface area contributed by atoms with Gasteiger partial charge in [0.05, 0.1) is 10.6 Å². The Hall–Kier alpha value is -1.97. The molecule has 0 unspecified atom stereocenters. The largest absolute Gasteiger partial charge is 0.346 e. The zero-order valence-electron chi connectivity index (χ0n) is 15.5. The summed E-state index contributed by atoms with van der Waals surface area (Å²) in [6.07, 6.45) is 0.872. The van der Waals surface area contributed by atoms with E-state index in [9.17, 15) is 13.2 Å². The monoisotopic (exact) mass is 408 g/mol. The maximum Gasteiger partial charge on any atom is 0.253 e. The third-order valence-electron chi connectivity index (χ3n) is 4.41. The number of sulfonamides is 1. The van der Waals surface area contributed by atoms with Crippen LogP contribution in [0, 0.1) is 6.92 Å². The third-order valence-corrected chi connectivity index (χ3v) is 6.99. The first kappa shape index (κ1) is 19.8. The van der Waals surface area contributed by atoms with Crippen LogP contribution in [0.5, 0.6) is 0 Å². The van der Waals surface area contributed by atoms with Crippen LogP contribution in [0.25, 0.3) is 0 Å². The second-order valence-electron chi connectivity index (χ2n) is 6.43. The molecular formula is C18H24N4O3S2. The summed E-state index contributed by atoms with van der Waals surface area (Å²) in [6.45, 7) is 6.94. The van der Waals surface area contributed by atoms with E-state index >= 15 is 0 Å². The fourth-order valence-corrected chi connectivity index (χ4v) is 4.93. The molecule has 146 valence electrons. The normalized spacial score (nSPS) is 15.6. The van der Waals surface area contributed by atoms with Gasteiger partial charge in [-0.15, -0.1) is 11.3 Å². The van der Waals surface area contributed by atoms with Crippen LogP contribution in [-0.2, 0) is 10.0 Å². The van der Waals surface area contributed by atoms with E-state index in [0.717, 1.165) is 30.3 Å². The molecule has 1 aliphatic heterocycles. The number of nitrogens with zero attached hydrogens (tertiary/aromatic N) is 3. The van der Waals surface area contributed by atoms with Crippen LogP contribution < -0.4 is 9.62 Å². The van der Waals surface area contributed by atoms with Gasteiger partial charge in [-0.05, 0) is 37.6 Å². The summed E-state index contributed by atoms with van der Waals surface area (Å²) in [4.78, 5) is 21.6. The number of aryl methyl sites for hydroxylation is 1. The highest BCUT2D eigenvalue weighted by molar-refractivity contribution is 7.89. The van der Waals surface area contributed by atoms with Gasteiger partial charge in [0.2, 0.25) is 10.0 Å². The number of carbonyl (C=O) groups is 1. The van der Waals surface area contributed by atoms with Gasteiger partial charge in [0.1, 0.15) is 0 Å². The summed E-state index contributed by atoms with van der Waals surface area (Å²) in [7, 11) is -3.51. The average Bonchev–Trinajstić information content (AvgIpc) is 2.93. The van der Waals surface area contributed by atoms with Crippen LogP contribution in [0.2, 0.25) is 0 Å². The van der Waals surface area contributed by atoms with E-state index in [2.05, 4.69) is 14.6 Å². The number of aromatic nitrogens is 1. The first-order valence-electron chi connectivity index (χ1n) is 8.97. The maximum atomic E-state index is 12.8. The first-order chi connectivity index (χ1) is 12.9. The predicted molar refractivity (Wildman–Crippen MR) is 107 cm³/mol. The Labute approximate surface area is 164 Å². The molecule has 27 heavy (non-hydrogen) atoms. The van der Waals surface area contributed by atoms with E-state index in [-0.39, 0.29) is 10.8 Å². The Kier molecular flexibility index (Phi) is 6.13. The van der Waals surface area contributed by atoms with Crippen molar-refractivity contribution in [1.82, 2.24) is 14.6 Å². The number of hydrogen-bond acceptors (Lipinski definition) is 6. The van der Waals surface area contributed by atoms with Gasteiger partial charge in [-0.3, -0.25) is 4.79 Å². The van der Waals surface area contributed by atoms with Gasteiger partial charge in [0.25, 0.3) is 5.91 Å². The Morgan fingerprint density at radius 1 is 1.19 bits per heavy atom. The lowest BCUT2D eigenvalue weighted by Crippen LogP contribution is -2.35. The number of hydrogen-bond donors (Lipinski definition) is 1. The molecule has 1 fully saturated rings. The molecule has 0 bridgehead atoms. The molecule has 9 heteroatoms. The second-order valence-corrected chi connectivity index (χ2v) is 9.03. The molecule has 1 aromatic heterocycles. The van der Waals surface area contributed by atoms with Gasteiger partial charge in [0, 0.05) is 43.7 Å². The van der Waals surface area contributed by atoms with Crippen LogP contribution in [0.4, 0.5) is 5.13 Å². The van der Waals surface area contributed by atoms with Crippen LogP contribution in [0.3, 0.4) is 0 Å². The van der Waals surface area contributed by atoms with E-state index in [1.165, 1.54) is 12.1 Å². The standard InChI is InChI=1S/C18H24N4O3S2/c1-3-19-27(24,25)16-7-5-15(6-8-16)17(23)21-9-4-10-22(12-11-21)18-20-14(2)13-26-18/h5-8,13,19H,3-4,9-12H2,1-2H3. The smallest absolute Gasteiger partial charge is 0.253 e. The van der Waals surface area contributed by atoms with Crippen molar-refractivity contribution >= 4 is 32.4 Å². The summed E-state index contributed by atoms with van der Waals surface area (Å²) < 4.78 is 26.5. The van der Waals surface area contributed by atoms with E-state index in [1.54, 1.807) is 30.4 Å². The fraction of sp³-hybridized carbons (Fsp3) is 0.444. The van der Waals surface area contributed by atoms with E-state index in [4.69, 9.17) is 0 Å². The third kappa shape index (κ3) is 4.66. The number of carbonyl (C=O) groups excluding carboxylic acids is 1. The summed E-state index contributed by atoms with van der Waals surface area (Å²) in [5.74, 6) is -0.0698. The van der Waals surface area contributed by atoms with Crippen molar-refractivity contribution in [2.45, 2.75) is 25.2 Å². The zero-order valence-corrected chi connectivity index (χ0v) is 17.1. The SMILES string of the molecule is CCNS(=O)(=O)c1ccc(C(=O)N2CCCN(c3nc(C)cs3)CC2)cc1. The molecule has 1 aliphatic rings. The molecule has 1 amide bonds. The summed E-state index contributed by atoms with van der Waals surface area (Å²) in [6, 6.07) is 6.13. The highest BCUT2D eigenvalue weighted by Gasteiger charge is 2.22. The van der Waals surface area contributed by atoms with Crippen molar-refractivity contribution in [3.8, 4) is 0 Å². The molecule has 3 rings (SSSR count). The van der Waals surface area contributed by atoms with Gasteiger partial charge in [-0.1, -0.05) is 6.92 Å². The van der Waals surface area contributed by atoms with Crippen molar-refractivity contribution in [2.75, 3.05) is 37.6 Å². The second kappa shape index (κ2) is 8.37. The molecule has 2 heterocycles. The summed E-state index contributed by atoms with van der Waals surface area (Å²) in [5.41, 5.74) is 1.52.